The molecule has 0 radical (unpaired) electrons. The topological polar surface area (TPSA) is 47.0 Å². The second kappa shape index (κ2) is 7.21. The van der Waals surface area contributed by atoms with Crippen molar-refractivity contribution in [3.63, 3.8) is 0 Å². The zero-order valence-electron chi connectivity index (χ0n) is 13.1. The van der Waals surface area contributed by atoms with E-state index in [9.17, 15) is 0 Å². The van der Waals surface area contributed by atoms with Gasteiger partial charge in [-0.05, 0) is 39.0 Å². The van der Waals surface area contributed by atoms with Gasteiger partial charge in [0.05, 0.1) is 6.10 Å². The second-order valence-electron chi connectivity index (χ2n) is 6.30. The molecule has 0 bridgehead atoms. The van der Waals surface area contributed by atoms with Crippen LogP contribution in [0.1, 0.15) is 69.3 Å². The van der Waals surface area contributed by atoms with Gasteiger partial charge in [0.1, 0.15) is 11.6 Å². The van der Waals surface area contributed by atoms with Gasteiger partial charge in [-0.25, -0.2) is 9.97 Å². The number of hydrogen-bond acceptors (Lipinski definition) is 4. The molecule has 2 fully saturated rings. The summed E-state index contributed by atoms with van der Waals surface area (Å²) in [6.45, 7) is 3.91. The molecule has 1 unspecified atom stereocenters. The average Bonchev–Trinajstić information content (AvgIpc) is 3.03. The van der Waals surface area contributed by atoms with Gasteiger partial charge in [-0.3, -0.25) is 0 Å². The molecule has 1 N–H and O–H groups in total. The van der Waals surface area contributed by atoms with Gasteiger partial charge in [-0.15, -0.1) is 0 Å². The standard InChI is InChI=1S/C17H27N3O/c1-2-18-16-12-15(13-7-3-4-8-13)19-17(20-16)11-14-9-5-6-10-21-14/h12-14H,2-11H2,1H3,(H,18,19,20). The summed E-state index contributed by atoms with van der Waals surface area (Å²) in [5, 5.41) is 3.36. The first-order valence-corrected chi connectivity index (χ1v) is 8.58. The third-order valence-corrected chi connectivity index (χ3v) is 4.61. The molecule has 21 heavy (non-hydrogen) atoms. The largest absolute Gasteiger partial charge is 0.378 e. The van der Waals surface area contributed by atoms with Crippen LogP contribution in [0.25, 0.3) is 0 Å². The maximum atomic E-state index is 5.85. The fourth-order valence-electron chi connectivity index (χ4n) is 3.48. The number of nitrogens with zero attached hydrogens (tertiary/aromatic N) is 2. The van der Waals surface area contributed by atoms with E-state index < -0.39 is 0 Å². The lowest BCUT2D eigenvalue weighted by Gasteiger charge is -2.22. The average molecular weight is 289 g/mol. The lowest BCUT2D eigenvalue weighted by Crippen LogP contribution is -2.23. The first-order chi connectivity index (χ1) is 10.3. The van der Waals surface area contributed by atoms with Crippen molar-refractivity contribution in [3.05, 3.63) is 17.6 Å². The van der Waals surface area contributed by atoms with E-state index in [1.54, 1.807) is 0 Å². The van der Waals surface area contributed by atoms with E-state index in [0.717, 1.165) is 37.6 Å². The molecule has 1 aliphatic carbocycles. The fraction of sp³-hybridized carbons (Fsp3) is 0.765. The predicted molar refractivity (Wildman–Crippen MR) is 84.7 cm³/mol. The van der Waals surface area contributed by atoms with E-state index in [4.69, 9.17) is 9.72 Å². The molecular weight excluding hydrogens is 262 g/mol. The third kappa shape index (κ3) is 3.94. The van der Waals surface area contributed by atoms with Crippen LogP contribution in [0, 0.1) is 0 Å². The number of nitrogens with one attached hydrogen (secondary N) is 1. The van der Waals surface area contributed by atoms with Gasteiger partial charge in [0.15, 0.2) is 0 Å². The molecule has 1 atom stereocenters. The minimum Gasteiger partial charge on any atom is -0.378 e. The van der Waals surface area contributed by atoms with Crippen molar-refractivity contribution >= 4 is 5.82 Å². The summed E-state index contributed by atoms with van der Waals surface area (Å²) in [5.41, 5.74) is 1.24. The molecule has 1 saturated carbocycles. The monoisotopic (exact) mass is 289 g/mol. The lowest BCUT2D eigenvalue weighted by atomic mass is 10.0. The Bertz CT molecular complexity index is 451. The van der Waals surface area contributed by atoms with Crippen molar-refractivity contribution in [1.29, 1.82) is 0 Å². The van der Waals surface area contributed by atoms with Crippen molar-refractivity contribution in [2.24, 2.45) is 0 Å². The molecule has 1 aromatic heterocycles. The highest BCUT2D eigenvalue weighted by atomic mass is 16.5. The molecule has 0 amide bonds. The first kappa shape index (κ1) is 14.8. The molecular formula is C17H27N3O. The Morgan fingerprint density at radius 2 is 1.95 bits per heavy atom. The van der Waals surface area contributed by atoms with Gasteiger partial charge in [0.2, 0.25) is 0 Å². The summed E-state index contributed by atoms with van der Waals surface area (Å²) in [6, 6.07) is 2.16. The fourth-order valence-corrected chi connectivity index (χ4v) is 3.48. The summed E-state index contributed by atoms with van der Waals surface area (Å²) >= 11 is 0. The minimum atomic E-state index is 0.312. The summed E-state index contributed by atoms with van der Waals surface area (Å²) in [5.74, 6) is 2.58. The van der Waals surface area contributed by atoms with Crippen LogP contribution >= 0.6 is 0 Å². The van der Waals surface area contributed by atoms with Crippen LogP contribution in [0.2, 0.25) is 0 Å². The van der Waals surface area contributed by atoms with E-state index >= 15 is 0 Å². The van der Waals surface area contributed by atoms with Crippen LogP contribution in [-0.4, -0.2) is 29.2 Å². The van der Waals surface area contributed by atoms with E-state index in [1.165, 1.54) is 44.2 Å². The summed E-state index contributed by atoms with van der Waals surface area (Å²) in [6.07, 6.45) is 10.0. The Hall–Kier alpha value is -1.16. The van der Waals surface area contributed by atoms with Crippen molar-refractivity contribution in [2.75, 3.05) is 18.5 Å². The summed E-state index contributed by atoms with van der Waals surface area (Å²) < 4.78 is 5.85. The molecule has 4 heteroatoms. The van der Waals surface area contributed by atoms with Gasteiger partial charge < -0.3 is 10.1 Å². The molecule has 1 aliphatic heterocycles. The maximum absolute atomic E-state index is 5.85. The number of hydrogen-bond donors (Lipinski definition) is 1. The summed E-state index contributed by atoms with van der Waals surface area (Å²) in [4.78, 5) is 9.55. The Labute approximate surface area is 127 Å². The van der Waals surface area contributed by atoms with Gasteiger partial charge >= 0.3 is 0 Å². The highest BCUT2D eigenvalue weighted by molar-refractivity contribution is 5.37. The number of anilines is 1. The van der Waals surface area contributed by atoms with Crippen molar-refractivity contribution in [2.45, 2.75) is 70.3 Å². The Balaban J connectivity index is 1.76. The minimum absolute atomic E-state index is 0.312. The van der Waals surface area contributed by atoms with E-state index in [0.29, 0.717) is 12.0 Å². The van der Waals surface area contributed by atoms with Crippen molar-refractivity contribution in [1.82, 2.24) is 9.97 Å². The van der Waals surface area contributed by atoms with E-state index in [1.807, 2.05) is 0 Å². The number of rotatable bonds is 5. The molecule has 116 valence electrons. The van der Waals surface area contributed by atoms with Crippen LogP contribution in [-0.2, 0) is 11.2 Å². The summed E-state index contributed by atoms with van der Waals surface area (Å²) in [7, 11) is 0. The molecule has 0 spiro atoms. The van der Waals surface area contributed by atoms with Crippen LogP contribution < -0.4 is 5.32 Å². The van der Waals surface area contributed by atoms with E-state index in [2.05, 4.69) is 23.3 Å². The second-order valence-corrected chi connectivity index (χ2v) is 6.30. The quantitative estimate of drug-likeness (QED) is 0.898. The molecule has 4 nitrogen and oxygen atoms in total. The van der Waals surface area contributed by atoms with Crippen molar-refractivity contribution in [3.8, 4) is 0 Å². The van der Waals surface area contributed by atoms with Crippen LogP contribution in [0.3, 0.4) is 0 Å². The maximum Gasteiger partial charge on any atom is 0.133 e. The SMILES string of the molecule is CCNc1cc(C2CCCC2)nc(CC2CCCCO2)n1. The molecule has 1 aromatic rings. The molecule has 1 saturated heterocycles. The number of aromatic nitrogens is 2. The van der Waals surface area contributed by atoms with Crippen LogP contribution in [0.5, 0.6) is 0 Å². The highest BCUT2D eigenvalue weighted by Gasteiger charge is 2.21. The van der Waals surface area contributed by atoms with Gasteiger partial charge in [-0.2, -0.15) is 0 Å². The zero-order chi connectivity index (χ0) is 14.5. The van der Waals surface area contributed by atoms with Crippen molar-refractivity contribution < 1.29 is 4.74 Å². The zero-order valence-corrected chi connectivity index (χ0v) is 13.1. The highest BCUT2D eigenvalue weighted by Crippen LogP contribution is 2.33. The normalized spacial score (nSPS) is 23.4. The van der Waals surface area contributed by atoms with Crippen LogP contribution in [0.15, 0.2) is 6.07 Å². The lowest BCUT2D eigenvalue weighted by molar-refractivity contribution is 0.0156. The number of ether oxygens (including phenoxy) is 1. The Morgan fingerprint density at radius 3 is 2.67 bits per heavy atom. The van der Waals surface area contributed by atoms with Crippen LogP contribution in [0.4, 0.5) is 5.82 Å². The third-order valence-electron chi connectivity index (χ3n) is 4.61. The van der Waals surface area contributed by atoms with Gasteiger partial charge in [-0.1, -0.05) is 12.8 Å². The first-order valence-electron chi connectivity index (χ1n) is 8.58. The smallest absolute Gasteiger partial charge is 0.133 e. The molecule has 0 aromatic carbocycles. The molecule has 3 rings (SSSR count). The molecule has 2 aliphatic rings. The Morgan fingerprint density at radius 1 is 1.14 bits per heavy atom. The molecule has 2 heterocycles. The Kier molecular flexibility index (Phi) is 5.07. The van der Waals surface area contributed by atoms with E-state index in [-0.39, 0.29) is 0 Å². The van der Waals surface area contributed by atoms with Gasteiger partial charge in [0, 0.05) is 37.3 Å². The predicted octanol–water partition coefficient (Wildman–Crippen LogP) is 3.68. The van der Waals surface area contributed by atoms with Gasteiger partial charge in [0.25, 0.3) is 0 Å².